The van der Waals surface area contributed by atoms with E-state index in [2.05, 4.69) is 10.6 Å². The Morgan fingerprint density at radius 2 is 2.21 bits per heavy atom. The molecule has 0 saturated carbocycles. The van der Waals surface area contributed by atoms with Crippen molar-refractivity contribution < 1.29 is 13.0 Å². The highest BCUT2D eigenvalue weighted by Crippen LogP contribution is 2.39. The van der Waals surface area contributed by atoms with Crippen molar-refractivity contribution in [3.05, 3.63) is 24.4 Å². The number of nitrogens with zero attached hydrogens (tertiary/aromatic N) is 1. The Labute approximate surface area is 87.1 Å². The predicted molar refractivity (Wildman–Crippen MR) is 54.0 cm³/mol. The van der Waals surface area contributed by atoms with E-state index in [9.17, 15) is 8.42 Å². The number of rotatable bonds is 0. The Bertz CT molecular complexity index is 483. The Morgan fingerprint density at radius 1 is 1.36 bits per heavy atom. The normalized spacial score (nSPS) is 32.6. The summed E-state index contributed by atoms with van der Waals surface area (Å²) in [6, 6.07) is 6.17. The van der Waals surface area contributed by atoms with E-state index in [1.807, 2.05) is 18.3 Å². The molecule has 5 heteroatoms. The van der Waals surface area contributed by atoms with Crippen molar-refractivity contribution in [1.29, 1.82) is 0 Å². The summed E-state index contributed by atoms with van der Waals surface area (Å²) in [5.74, 6) is 0.649. The van der Waals surface area contributed by atoms with Gasteiger partial charge in [-0.05, 0) is 17.8 Å². The zero-order chi connectivity index (χ0) is 9.76. The van der Waals surface area contributed by atoms with Crippen molar-refractivity contribution in [3.8, 4) is 0 Å². The Kier molecular flexibility index (Phi) is 1.70. The largest absolute Gasteiger partial charge is 0.240 e. The van der Waals surface area contributed by atoms with Crippen molar-refractivity contribution >= 4 is 21.6 Å². The van der Waals surface area contributed by atoms with Gasteiger partial charge in [-0.2, -0.15) is 4.57 Å². The highest BCUT2D eigenvalue weighted by atomic mass is 32.2. The van der Waals surface area contributed by atoms with E-state index in [-0.39, 0.29) is 11.3 Å². The van der Waals surface area contributed by atoms with Gasteiger partial charge < -0.3 is 0 Å². The molecule has 1 fully saturated rings. The summed E-state index contributed by atoms with van der Waals surface area (Å²) in [4.78, 5) is 0. The fourth-order valence-corrected chi connectivity index (χ4v) is 6.10. The molecule has 0 radical (unpaired) electrons. The van der Waals surface area contributed by atoms with Crippen LogP contribution < -0.4 is 4.57 Å². The Hall–Kier alpha value is -0.550. The first kappa shape index (κ1) is 8.73. The average Bonchev–Trinajstić information content (AvgIpc) is 2.56. The first-order valence-corrected chi connectivity index (χ1v) is 7.23. The van der Waals surface area contributed by atoms with Gasteiger partial charge in [-0.3, -0.25) is 0 Å². The Morgan fingerprint density at radius 3 is 3.07 bits per heavy atom. The molecule has 3 rings (SSSR count). The number of fused-ring (bicyclic) bond motifs is 3. The molecule has 0 bridgehead atoms. The van der Waals surface area contributed by atoms with Crippen LogP contribution in [0, 0.1) is 0 Å². The second-order valence-electron chi connectivity index (χ2n) is 3.75. The molecule has 0 spiro atoms. The van der Waals surface area contributed by atoms with Crippen LogP contribution in [0.4, 0.5) is 0 Å². The van der Waals surface area contributed by atoms with Crippen molar-refractivity contribution in [2.45, 2.75) is 16.3 Å². The number of sulfone groups is 1. The number of aromatic nitrogens is 1. The lowest BCUT2D eigenvalue weighted by Gasteiger charge is -1.98. The van der Waals surface area contributed by atoms with E-state index in [4.69, 9.17) is 0 Å². The quantitative estimate of drug-likeness (QED) is 0.604. The van der Waals surface area contributed by atoms with Gasteiger partial charge >= 0.3 is 0 Å². The molecule has 2 aliphatic rings. The summed E-state index contributed by atoms with van der Waals surface area (Å²) in [6.45, 7) is 0. The molecule has 1 saturated heterocycles. The smallest absolute Gasteiger partial charge is 0.229 e. The minimum Gasteiger partial charge on any atom is -0.229 e. The number of pyridine rings is 1. The number of hydrogen-bond donors (Lipinski definition) is 0. The van der Waals surface area contributed by atoms with Crippen LogP contribution in [0.1, 0.15) is 6.04 Å². The molecule has 1 aromatic rings. The van der Waals surface area contributed by atoms with Crippen LogP contribution in [-0.4, -0.2) is 25.2 Å². The van der Waals surface area contributed by atoms with Crippen LogP contribution in [-0.2, 0) is 9.84 Å². The second-order valence-corrected chi connectivity index (χ2v) is 7.16. The van der Waals surface area contributed by atoms with E-state index in [1.165, 1.54) is 5.03 Å². The maximum atomic E-state index is 11.4. The Balaban J connectivity index is 2.08. The maximum Gasteiger partial charge on any atom is 0.240 e. The van der Waals surface area contributed by atoms with Gasteiger partial charge in [-0.1, -0.05) is 0 Å². The minimum absolute atomic E-state index is 0.168. The molecule has 3 nitrogen and oxygen atoms in total. The molecule has 2 aliphatic heterocycles. The summed E-state index contributed by atoms with van der Waals surface area (Å²) in [5, 5.41) is 1.43. The van der Waals surface area contributed by atoms with Crippen molar-refractivity contribution in [3.63, 3.8) is 0 Å². The summed E-state index contributed by atoms with van der Waals surface area (Å²) in [5.41, 5.74) is 0. The lowest BCUT2D eigenvalue weighted by molar-refractivity contribution is -0.745. The number of hydrogen-bond acceptors (Lipinski definition) is 3. The van der Waals surface area contributed by atoms with Crippen molar-refractivity contribution in [2.24, 2.45) is 0 Å². The van der Waals surface area contributed by atoms with E-state index in [0.29, 0.717) is 11.5 Å². The third-order valence-corrected chi connectivity index (χ3v) is 6.05. The molecule has 0 amide bonds. The molecule has 0 N–H and O–H groups in total. The van der Waals surface area contributed by atoms with Gasteiger partial charge in [0, 0.05) is 12.1 Å². The lowest BCUT2D eigenvalue weighted by atomic mass is 10.2. The highest BCUT2D eigenvalue weighted by molar-refractivity contribution is 8.01. The third-order valence-electron chi connectivity index (χ3n) is 2.75. The molecule has 0 aliphatic carbocycles. The van der Waals surface area contributed by atoms with E-state index < -0.39 is 9.84 Å². The van der Waals surface area contributed by atoms with E-state index in [1.54, 1.807) is 11.8 Å². The first-order valence-electron chi connectivity index (χ1n) is 4.53. The first-order chi connectivity index (χ1) is 6.66. The molecule has 0 aromatic carbocycles. The van der Waals surface area contributed by atoms with Crippen LogP contribution in [0.5, 0.6) is 0 Å². The summed E-state index contributed by atoms with van der Waals surface area (Å²) >= 11 is 1.69. The molecule has 3 heterocycles. The van der Waals surface area contributed by atoms with Crippen LogP contribution in [0.25, 0.3) is 0 Å². The third kappa shape index (κ3) is 1.19. The molecule has 14 heavy (non-hydrogen) atoms. The van der Waals surface area contributed by atoms with Gasteiger partial charge in [0.1, 0.15) is 5.75 Å². The fourth-order valence-electron chi connectivity index (χ4n) is 2.14. The molecule has 2 unspecified atom stereocenters. The van der Waals surface area contributed by atoms with Crippen LogP contribution in [0.15, 0.2) is 29.4 Å². The van der Waals surface area contributed by atoms with Crippen LogP contribution in [0.2, 0.25) is 0 Å². The van der Waals surface area contributed by atoms with Gasteiger partial charge in [0.15, 0.2) is 22.1 Å². The highest BCUT2D eigenvalue weighted by Gasteiger charge is 2.50. The second kappa shape index (κ2) is 2.73. The van der Waals surface area contributed by atoms with E-state index >= 15 is 0 Å². The molecule has 2 atom stereocenters. The fraction of sp³-hybridized carbons (Fsp3) is 0.444. The van der Waals surface area contributed by atoms with Gasteiger partial charge in [-0.25, -0.2) is 8.42 Å². The summed E-state index contributed by atoms with van der Waals surface area (Å²) in [6.07, 6.45) is 1.98. The molecule has 1 aromatic heterocycles. The topological polar surface area (TPSA) is 38.0 Å². The molecular formula is C9H10NO2S2+. The lowest BCUT2D eigenvalue weighted by Crippen LogP contribution is -2.40. The number of thioether (sulfide) groups is 1. The minimum atomic E-state index is -2.79. The average molecular weight is 228 g/mol. The zero-order valence-corrected chi connectivity index (χ0v) is 9.09. The predicted octanol–water partition coefficient (Wildman–Crippen LogP) is 0.418. The van der Waals surface area contributed by atoms with Gasteiger partial charge in [0.25, 0.3) is 0 Å². The SMILES string of the molecule is O=S1(=O)CC2Sc3cccc[n+]3C2C1. The van der Waals surface area contributed by atoms with Crippen LogP contribution in [0.3, 0.4) is 0 Å². The van der Waals surface area contributed by atoms with Gasteiger partial charge in [0.05, 0.1) is 11.0 Å². The van der Waals surface area contributed by atoms with Gasteiger partial charge in [-0.15, -0.1) is 0 Å². The van der Waals surface area contributed by atoms with Crippen molar-refractivity contribution in [2.75, 3.05) is 11.5 Å². The standard InChI is InChI=1S/C9H10NO2S2/c11-14(12)5-7-8(6-14)13-9-3-1-2-4-10(7)9/h1-4,7-8H,5-6H2/q+1. The van der Waals surface area contributed by atoms with E-state index in [0.717, 1.165) is 0 Å². The summed E-state index contributed by atoms with van der Waals surface area (Å²) in [7, 11) is -2.79. The van der Waals surface area contributed by atoms with Crippen molar-refractivity contribution in [1.82, 2.24) is 0 Å². The molecular weight excluding hydrogens is 218 g/mol. The summed E-state index contributed by atoms with van der Waals surface area (Å²) < 4.78 is 25.0. The molecule has 74 valence electrons. The monoisotopic (exact) mass is 228 g/mol. The maximum absolute atomic E-state index is 11.4. The zero-order valence-electron chi connectivity index (χ0n) is 7.46. The van der Waals surface area contributed by atoms with Gasteiger partial charge in [0.2, 0.25) is 5.03 Å². The van der Waals surface area contributed by atoms with Crippen LogP contribution >= 0.6 is 11.8 Å².